The molecule has 4 heteroatoms. The van der Waals surface area contributed by atoms with Gasteiger partial charge in [-0.1, -0.05) is 41.1 Å². The van der Waals surface area contributed by atoms with Gasteiger partial charge < -0.3 is 10.1 Å². The van der Waals surface area contributed by atoms with Crippen LogP contribution in [0.2, 0.25) is 0 Å². The van der Waals surface area contributed by atoms with E-state index in [1.807, 2.05) is 24.3 Å². The standard InChI is InChI=1S/C21H24BrNO2/c1-2-20(17-8-7-15-5-3-4-6-16(15)13-17)23-21(24)14-25-19-11-9-18(22)10-12-19/h7-13,20H,2-6,14H2,1H3,(H,23,24)/t20-/m0/s1. The van der Waals surface area contributed by atoms with E-state index in [9.17, 15) is 4.79 Å². The first kappa shape index (κ1) is 18.0. The molecule has 0 heterocycles. The van der Waals surface area contributed by atoms with E-state index in [1.165, 1.54) is 36.0 Å². The zero-order valence-electron chi connectivity index (χ0n) is 14.6. The highest BCUT2D eigenvalue weighted by molar-refractivity contribution is 9.10. The maximum Gasteiger partial charge on any atom is 0.258 e. The van der Waals surface area contributed by atoms with Gasteiger partial charge in [0, 0.05) is 4.47 Å². The molecule has 0 bridgehead atoms. The van der Waals surface area contributed by atoms with Crippen LogP contribution in [0, 0.1) is 0 Å². The number of rotatable bonds is 6. The first-order valence-electron chi connectivity index (χ1n) is 8.95. The number of hydrogen-bond acceptors (Lipinski definition) is 2. The largest absolute Gasteiger partial charge is 0.484 e. The first-order valence-corrected chi connectivity index (χ1v) is 9.74. The summed E-state index contributed by atoms with van der Waals surface area (Å²) < 4.78 is 6.55. The van der Waals surface area contributed by atoms with Crippen molar-refractivity contribution in [2.75, 3.05) is 6.61 Å². The minimum atomic E-state index is -0.0903. The minimum Gasteiger partial charge on any atom is -0.484 e. The fraction of sp³-hybridized carbons (Fsp3) is 0.381. The Morgan fingerprint density at radius 2 is 1.84 bits per heavy atom. The van der Waals surface area contributed by atoms with Crippen LogP contribution in [0.5, 0.6) is 5.75 Å². The molecule has 0 aliphatic heterocycles. The van der Waals surface area contributed by atoms with Gasteiger partial charge in [-0.2, -0.15) is 0 Å². The molecule has 132 valence electrons. The van der Waals surface area contributed by atoms with Crippen molar-refractivity contribution in [3.63, 3.8) is 0 Å². The Balaban J connectivity index is 1.59. The molecule has 0 aromatic heterocycles. The van der Waals surface area contributed by atoms with Crippen molar-refractivity contribution < 1.29 is 9.53 Å². The highest BCUT2D eigenvalue weighted by Gasteiger charge is 2.16. The van der Waals surface area contributed by atoms with Crippen LogP contribution in [-0.4, -0.2) is 12.5 Å². The maximum atomic E-state index is 12.3. The van der Waals surface area contributed by atoms with Gasteiger partial charge >= 0.3 is 0 Å². The van der Waals surface area contributed by atoms with E-state index in [1.54, 1.807) is 0 Å². The smallest absolute Gasteiger partial charge is 0.258 e. The number of hydrogen-bond donors (Lipinski definition) is 1. The van der Waals surface area contributed by atoms with E-state index >= 15 is 0 Å². The van der Waals surface area contributed by atoms with E-state index in [0.29, 0.717) is 5.75 Å². The SMILES string of the molecule is CC[C@H](NC(=O)COc1ccc(Br)cc1)c1ccc2c(c1)CCCC2. The molecule has 2 aromatic rings. The molecule has 3 nitrogen and oxygen atoms in total. The summed E-state index contributed by atoms with van der Waals surface area (Å²) in [5.41, 5.74) is 4.11. The Morgan fingerprint density at radius 1 is 1.12 bits per heavy atom. The fourth-order valence-corrected chi connectivity index (χ4v) is 3.57. The molecule has 0 spiro atoms. The molecular weight excluding hydrogens is 378 g/mol. The normalized spacial score (nSPS) is 14.5. The monoisotopic (exact) mass is 401 g/mol. The highest BCUT2D eigenvalue weighted by Crippen LogP contribution is 2.26. The Morgan fingerprint density at radius 3 is 2.56 bits per heavy atom. The molecular formula is C21H24BrNO2. The summed E-state index contributed by atoms with van der Waals surface area (Å²) in [4.78, 5) is 12.3. The summed E-state index contributed by atoms with van der Waals surface area (Å²) in [5.74, 6) is 0.604. The van der Waals surface area contributed by atoms with Crippen molar-refractivity contribution in [1.29, 1.82) is 0 Å². The molecule has 1 aliphatic rings. The molecule has 0 saturated heterocycles. The summed E-state index contributed by atoms with van der Waals surface area (Å²) >= 11 is 3.38. The predicted molar refractivity (Wildman–Crippen MR) is 104 cm³/mol. The number of nitrogens with one attached hydrogen (secondary N) is 1. The summed E-state index contributed by atoms with van der Waals surface area (Å²) in [6.45, 7) is 2.13. The van der Waals surface area contributed by atoms with Crippen molar-refractivity contribution in [2.24, 2.45) is 0 Å². The second-order valence-electron chi connectivity index (χ2n) is 6.51. The second kappa shape index (κ2) is 8.52. The van der Waals surface area contributed by atoms with Gasteiger partial charge in [0.25, 0.3) is 5.91 Å². The number of ether oxygens (including phenoxy) is 1. The first-order chi connectivity index (χ1) is 12.2. The van der Waals surface area contributed by atoms with Crippen molar-refractivity contribution >= 4 is 21.8 Å². The van der Waals surface area contributed by atoms with E-state index in [4.69, 9.17) is 4.74 Å². The number of amides is 1. The Bertz CT molecular complexity index is 727. The molecule has 0 saturated carbocycles. The Hall–Kier alpha value is -1.81. The topological polar surface area (TPSA) is 38.3 Å². The number of aryl methyl sites for hydroxylation is 2. The van der Waals surface area contributed by atoms with Gasteiger partial charge in [0.1, 0.15) is 5.75 Å². The van der Waals surface area contributed by atoms with Crippen molar-refractivity contribution in [2.45, 2.75) is 45.1 Å². The molecule has 1 aliphatic carbocycles. The molecule has 25 heavy (non-hydrogen) atoms. The summed E-state index contributed by atoms with van der Waals surface area (Å²) in [6, 6.07) is 14.2. The zero-order chi connectivity index (χ0) is 17.6. The molecule has 1 atom stereocenters. The van der Waals surface area contributed by atoms with Gasteiger partial charge in [-0.05, 0) is 73.1 Å². The average molecular weight is 402 g/mol. The highest BCUT2D eigenvalue weighted by atomic mass is 79.9. The lowest BCUT2D eigenvalue weighted by molar-refractivity contribution is -0.123. The third-order valence-corrected chi connectivity index (χ3v) is 5.23. The van der Waals surface area contributed by atoms with E-state index in [-0.39, 0.29) is 18.6 Å². The maximum absolute atomic E-state index is 12.3. The Labute approximate surface area is 157 Å². The van der Waals surface area contributed by atoms with Crippen LogP contribution in [0.15, 0.2) is 46.9 Å². The van der Waals surface area contributed by atoms with Crippen LogP contribution in [0.25, 0.3) is 0 Å². The van der Waals surface area contributed by atoms with Crippen molar-refractivity contribution in [3.05, 3.63) is 63.6 Å². The van der Waals surface area contributed by atoms with Crippen LogP contribution in [0.1, 0.15) is 48.9 Å². The number of benzene rings is 2. The van der Waals surface area contributed by atoms with Crippen molar-refractivity contribution in [3.8, 4) is 5.75 Å². The molecule has 0 fully saturated rings. The van der Waals surface area contributed by atoms with Crippen LogP contribution in [0.3, 0.4) is 0 Å². The van der Waals surface area contributed by atoms with Crippen LogP contribution < -0.4 is 10.1 Å². The number of fused-ring (bicyclic) bond motifs is 1. The fourth-order valence-electron chi connectivity index (χ4n) is 3.31. The molecule has 2 aromatic carbocycles. The second-order valence-corrected chi connectivity index (χ2v) is 7.42. The minimum absolute atomic E-state index is 0.0308. The third kappa shape index (κ3) is 4.85. The Kier molecular flexibility index (Phi) is 6.14. The lowest BCUT2D eigenvalue weighted by atomic mass is 9.89. The molecule has 1 N–H and O–H groups in total. The summed E-state index contributed by atoms with van der Waals surface area (Å²) in [6.07, 6.45) is 5.75. The number of carbonyl (C=O) groups excluding carboxylic acids is 1. The van der Waals surface area contributed by atoms with Gasteiger partial charge in [0.15, 0.2) is 6.61 Å². The quantitative estimate of drug-likeness (QED) is 0.741. The summed E-state index contributed by atoms with van der Waals surface area (Å²) in [5, 5.41) is 3.10. The van der Waals surface area contributed by atoms with Gasteiger partial charge in [-0.15, -0.1) is 0 Å². The lowest BCUT2D eigenvalue weighted by Crippen LogP contribution is -2.32. The van der Waals surface area contributed by atoms with Crippen LogP contribution in [0.4, 0.5) is 0 Å². The van der Waals surface area contributed by atoms with Crippen LogP contribution in [-0.2, 0) is 17.6 Å². The predicted octanol–water partition coefficient (Wildman–Crippen LogP) is 4.97. The van der Waals surface area contributed by atoms with Gasteiger partial charge in [0.2, 0.25) is 0 Å². The van der Waals surface area contributed by atoms with E-state index in [0.717, 1.165) is 17.3 Å². The lowest BCUT2D eigenvalue weighted by Gasteiger charge is -2.21. The molecule has 0 unspecified atom stereocenters. The average Bonchev–Trinajstić information content (AvgIpc) is 2.65. The van der Waals surface area contributed by atoms with E-state index in [2.05, 4.69) is 46.4 Å². The van der Waals surface area contributed by atoms with Crippen molar-refractivity contribution in [1.82, 2.24) is 5.32 Å². The number of carbonyl (C=O) groups is 1. The van der Waals surface area contributed by atoms with Gasteiger partial charge in [-0.25, -0.2) is 0 Å². The molecule has 3 rings (SSSR count). The van der Waals surface area contributed by atoms with E-state index < -0.39 is 0 Å². The molecule has 0 radical (unpaired) electrons. The molecule has 1 amide bonds. The zero-order valence-corrected chi connectivity index (χ0v) is 16.1. The number of halogens is 1. The third-order valence-electron chi connectivity index (χ3n) is 4.70. The van der Waals surface area contributed by atoms with Gasteiger partial charge in [-0.3, -0.25) is 4.79 Å². The van der Waals surface area contributed by atoms with Gasteiger partial charge in [0.05, 0.1) is 6.04 Å². The summed E-state index contributed by atoms with van der Waals surface area (Å²) in [7, 11) is 0. The van der Waals surface area contributed by atoms with Crippen LogP contribution >= 0.6 is 15.9 Å².